The van der Waals surface area contributed by atoms with Crippen LogP contribution in [0.3, 0.4) is 0 Å². The molecule has 23 heavy (non-hydrogen) atoms. The summed E-state index contributed by atoms with van der Waals surface area (Å²) in [5.41, 5.74) is -1.07. The molecule has 3 aromatic heterocycles. The van der Waals surface area contributed by atoms with Gasteiger partial charge in [0.25, 0.3) is 5.89 Å². The zero-order valence-corrected chi connectivity index (χ0v) is 12.4. The average Bonchev–Trinajstić information content (AvgIpc) is 3.18. The van der Waals surface area contributed by atoms with E-state index in [0.29, 0.717) is 5.89 Å². The summed E-state index contributed by atoms with van der Waals surface area (Å²) in [4.78, 5) is 4.92. The quantitative estimate of drug-likeness (QED) is 0.770. The minimum Gasteiger partial charge on any atom is -0.396 e. The van der Waals surface area contributed by atoms with Gasteiger partial charge in [-0.1, -0.05) is 11.2 Å². The molecular weight excluding hydrogens is 333 g/mol. The fourth-order valence-electron chi connectivity index (χ4n) is 2.05. The summed E-state index contributed by atoms with van der Waals surface area (Å²) in [5, 5.41) is 18.0. The van der Waals surface area contributed by atoms with Crippen LogP contribution in [0.25, 0.3) is 10.8 Å². The topological polar surface area (TPSA) is 77.0 Å². The Labute approximate surface area is 132 Å². The van der Waals surface area contributed by atoms with Crippen molar-refractivity contribution < 1.29 is 22.8 Å². The molecular formula is C13H11F3N4O2S. The normalized spacial score (nSPS) is 12.0. The first-order chi connectivity index (χ1) is 11.0. The van der Waals surface area contributed by atoms with E-state index >= 15 is 0 Å². The van der Waals surface area contributed by atoms with Gasteiger partial charge in [0.15, 0.2) is 11.5 Å². The van der Waals surface area contributed by atoms with E-state index in [1.807, 2.05) is 11.4 Å². The minimum absolute atomic E-state index is 0.0522. The van der Waals surface area contributed by atoms with Crippen molar-refractivity contribution in [1.29, 1.82) is 0 Å². The van der Waals surface area contributed by atoms with Crippen LogP contribution in [0, 0.1) is 0 Å². The highest BCUT2D eigenvalue weighted by molar-refractivity contribution is 7.13. The lowest BCUT2D eigenvalue weighted by molar-refractivity contribution is -0.142. The number of aliphatic hydroxyl groups is 1. The number of rotatable bonds is 5. The molecule has 3 rings (SSSR count). The first kappa shape index (κ1) is 15.7. The minimum atomic E-state index is -4.57. The van der Waals surface area contributed by atoms with Crippen LogP contribution >= 0.6 is 11.3 Å². The Balaban J connectivity index is 1.83. The van der Waals surface area contributed by atoms with Gasteiger partial charge in [-0.3, -0.25) is 4.68 Å². The Morgan fingerprint density at radius 2 is 2.17 bits per heavy atom. The smallest absolute Gasteiger partial charge is 0.396 e. The number of aromatic nitrogens is 4. The van der Waals surface area contributed by atoms with Crippen LogP contribution in [0.2, 0.25) is 0 Å². The van der Waals surface area contributed by atoms with Crippen molar-refractivity contribution in [2.45, 2.75) is 19.1 Å². The highest BCUT2D eigenvalue weighted by Crippen LogP contribution is 2.31. The Bertz CT molecular complexity index is 780. The molecule has 122 valence electrons. The number of thiophene rings is 1. The largest absolute Gasteiger partial charge is 0.435 e. The molecule has 0 unspecified atom stereocenters. The Morgan fingerprint density at radius 3 is 2.83 bits per heavy atom. The molecule has 0 amide bonds. The van der Waals surface area contributed by atoms with Crippen LogP contribution in [-0.4, -0.2) is 31.6 Å². The standard InChI is InChI=1S/C13H11F3N4O2S/c14-13(15,16)11-8(3-4-21)6-20(18-11)7-10-17-12(22-19-10)9-2-1-5-23-9/h1-2,5-6,21H,3-4,7H2. The first-order valence-electron chi connectivity index (χ1n) is 6.58. The third kappa shape index (κ3) is 3.42. The molecule has 0 aliphatic carbocycles. The highest BCUT2D eigenvalue weighted by atomic mass is 32.1. The van der Waals surface area contributed by atoms with Crippen molar-refractivity contribution in [1.82, 2.24) is 19.9 Å². The maximum atomic E-state index is 12.9. The Hall–Kier alpha value is -2.20. The summed E-state index contributed by atoms with van der Waals surface area (Å²) in [6.45, 7) is -0.442. The average molecular weight is 344 g/mol. The van der Waals surface area contributed by atoms with Gasteiger partial charge in [-0.2, -0.15) is 23.3 Å². The molecule has 0 fully saturated rings. The van der Waals surface area contributed by atoms with E-state index in [9.17, 15) is 13.2 Å². The van der Waals surface area contributed by atoms with Gasteiger partial charge < -0.3 is 9.63 Å². The third-order valence-corrected chi connectivity index (χ3v) is 3.85. The molecule has 0 aliphatic heterocycles. The Morgan fingerprint density at radius 1 is 1.35 bits per heavy atom. The fourth-order valence-corrected chi connectivity index (χ4v) is 2.69. The zero-order chi connectivity index (χ0) is 16.4. The second kappa shape index (κ2) is 6.13. The summed E-state index contributed by atoms with van der Waals surface area (Å²) < 4.78 is 44.9. The van der Waals surface area contributed by atoms with Crippen molar-refractivity contribution in [2.24, 2.45) is 0 Å². The van der Waals surface area contributed by atoms with Gasteiger partial charge in [0, 0.05) is 18.4 Å². The lowest BCUT2D eigenvalue weighted by Crippen LogP contribution is -2.11. The third-order valence-electron chi connectivity index (χ3n) is 2.99. The van der Waals surface area contributed by atoms with E-state index in [1.54, 1.807) is 6.07 Å². The van der Waals surface area contributed by atoms with Gasteiger partial charge in [-0.15, -0.1) is 11.3 Å². The summed E-state index contributed by atoms with van der Waals surface area (Å²) in [6.07, 6.45) is -3.46. The first-order valence-corrected chi connectivity index (χ1v) is 7.46. The monoisotopic (exact) mass is 344 g/mol. The van der Waals surface area contributed by atoms with E-state index in [-0.39, 0.29) is 31.0 Å². The fraction of sp³-hybridized carbons (Fsp3) is 0.308. The van der Waals surface area contributed by atoms with Crippen molar-refractivity contribution in [2.75, 3.05) is 6.61 Å². The summed E-state index contributed by atoms with van der Waals surface area (Å²) >= 11 is 1.42. The number of aliphatic hydroxyl groups excluding tert-OH is 1. The maximum absolute atomic E-state index is 12.9. The second-order valence-electron chi connectivity index (χ2n) is 4.66. The lowest BCUT2D eigenvalue weighted by atomic mass is 10.2. The van der Waals surface area contributed by atoms with Gasteiger partial charge >= 0.3 is 6.18 Å². The molecule has 3 heterocycles. The molecule has 6 nitrogen and oxygen atoms in total. The number of hydrogen-bond donors (Lipinski definition) is 1. The molecule has 3 aromatic rings. The molecule has 0 atom stereocenters. The van der Waals surface area contributed by atoms with Crippen LogP contribution in [0.1, 0.15) is 17.1 Å². The predicted octanol–water partition coefficient (Wildman–Crippen LogP) is 2.60. The van der Waals surface area contributed by atoms with Crippen LogP contribution in [0.4, 0.5) is 13.2 Å². The van der Waals surface area contributed by atoms with Crippen LogP contribution in [0.15, 0.2) is 28.2 Å². The summed E-state index contributed by atoms with van der Waals surface area (Å²) in [5.74, 6) is 0.536. The van der Waals surface area contributed by atoms with Crippen LogP contribution < -0.4 is 0 Å². The number of nitrogens with zero attached hydrogens (tertiary/aromatic N) is 4. The molecule has 0 saturated heterocycles. The molecule has 0 aliphatic rings. The van der Waals surface area contributed by atoms with Gasteiger partial charge in [-0.25, -0.2) is 0 Å². The van der Waals surface area contributed by atoms with Crippen molar-refractivity contribution in [3.8, 4) is 10.8 Å². The second-order valence-corrected chi connectivity index (χ2v) is 5.61. The molecule has 0 aromatic carbocycles. The highest BCUT2D eigenvalue weighted by Gasteiger charge is 2.37. The van der Waals surface area contributed by atoms with Gasteiger partial charge in [-0.05, 0) is 17.9 Å². The number of hydrogen-bond acceptors (Lipinski definition) is 6. The predicted molar refractivity (Wildman–Crippen MR) is 74.7 cm³/mol. The van der Waals surface area contributed by atoms with E-state index in [2.05, 4.69) is 15.2 Å². The summed E-state index contributed by atoms with van der Waals surface area (Å²) in [7, 11) is 0. The summed E-state index contributed by atoms with van der Waals surface area (Å²) in [6, 6.07) is 3.63. The van der Waals surface area contributed by atoms with Gasteiger partial charge in [0.1, 0.15) is 6.54 Å². The van der Waals surface area contributed by atoms with E-state index < -0.39 is 11.9 Å². The number of alkyl halides is 3. The van der Waals surface area contributed by atoms with E-state index in [0.717, 1.165) is 9.56 Å². The number of halogens is 3. The van der Waals surface area contributed by atoms with Crippen LogP contribution in [-0.2, 0) is 19.1 Å². The molecule has 0 radical (unpaired) electrons. The zero-order valence-electron chi connectivity index (χ0n) is 11.6. The SMILES string of the molecule is OCCc1cn(Cc2noc(-c3cccs3)n2)nc1C(F)(F)F. The van der Waals surface area contributed by atoms with Crippen molar-refractivity contribution in [3.05, 3.63) is 40.8 Å². The van der Waals surface area contributed by atoms with E-state index in [4.69, 9.17) is 9.63 Å². The molecule has 1 N–H and O–H groups in total. The van der Waals surface area contributed by atoms with Crippen molar-refractivity contribution in [3.63, 3.8) is 0 Å². The van der Waals surface area contributed by atoms with E-state index in [1.165, 1.54) is 17.5 Å². The lowest BCUT2D eigenvalue weighted by Gasteiger charge is -2.04. The van der Waals surface area contributed by atoms with Gasteiger partial charge in [0.05, 0.1) is 4.88 Å². The molecule has 0 bridgehead atoms. The van der Waals surface area contributed by atoms with Gasteiger partial charge in [0.2, 0.25) is 0 Å². The molecule has 0 spiro atoms. The molecule has 0 saturated carbocycles. The molecule has 10 heteroatoms. The van der Waals surface area contributed by atoms with Crippen LogP contribution in [0.5, 0.6) is 0 Å². The Kier molecular flexibility index (Phi) is 4.18. The van der Waals surface area contributed by atoms with Crippen molar-refractivity contribution >= 4 is 11.3 Å². The maximum Gasteiger partial charge on any atom is 0.435 e.